The molecule has 2 aromatic rings. The zero-order valence-electron chi connectivity index (χ0n) is 10.6. The largest absolute Gasteiger partial charge is 0.448 e. The lowest BCUT2D eigenvalue weighted by atomic mass is 10.2. The Kier molecular flexibility index (Phi) is 4.01. The molecule has 0 atom stereocenters. The average Bonchev–Trinajstić information content (AvgIpc) is 2.37. The second kappa shape index (κ2) is 5.54. The third-order valence-electron chi connectivity index (χ3n) is 2.89. The smallest absolute Gasteiger partial charge is 0.368 e. The molecule has 0 bridgehead atoms. The van der Waals surface area contributed by atoms with Crippen LogP contribution in [0.25, 0.3) is 10.9 Å². The van der Waals surface area contributed by atoms with Gasteiger partial charge >= 0.3 is 5.88 Å². The maximum atomic E-state index is 10.8. The van der Waals surface area contributed by atoms with Crippen LogP contribution in [0, 0.1) is 0 Å². The fraction of sp³-hybridized carbons (Fsp3) is 0.308. The minimum Gasteiger partial charge on any atom is -0.448 e. The lowest BCUT2D eigenvalue weighted by molar-refractivity contribution is -0.676. The Morgan fingerprint density at radius 1 is 1.21 bits per heavy atom. The number of benzene rings is 1. The summed E-state index contributed by atoms with van der Waals surface area (Å²) < 4.78 is 37.5. The van der Waals surface area contributed by atoms with Gasteiger partial charge in [-0.2, -0.15) is 13.0 Å². The minimum atomic E-state index is -3.92. The van der Waals surface area contributed by atoms with Crippen molar-refractivity contribution in [1.29, 1.82) is 0 Å². The second-order valence-electron chi connectivity index (χ2n) is 4.23. The van der Waals surface area contributed by atoms with Crippen molar-refractivity contribution in [3.05, 3.63) is 36.4 Å². The first-order chi connectivity index (χ1) is 9.01. The summed E-state index contributed by atoms with van der Waals surface area (Å²) in [5.41, 5.74) is 0.970. The van der Waals surface area contributed by atoms with Crippen LogP contribution in [0.2, 0.25) is 0 Å². The molecule has 0 aliphatic carbocycles. The number of nitrogens with zero attached hydrogens (tertiary/aromatic N) is 1. The molecule has 0 amide bonds. The predicted octanol–water partition coefficient (Wildman–Crippen LogP) is 1.41. The van der Waals surface area contributed by atoms with E-state index in [1.165, 1.54) is 0 Å². The molecule has 5 nitrogen and oxygen atoms in total. The van der Waals surface area contributed by atoms with E-state index in [0.717, 1.165) is 10.9 Å². The summed E-state index contributed by atoms with van der Waals surface area (Å²) in [6.07, 6.45) is 0.327. The van der Waals surface area contributed by atoms with Gasteiger partial charge in [-0.15, -0.1) is 0 Å². The van der Waals surface area contributed by atoms with Crippen molar-refractivity contribution >= 4 is 21.0 Å². The Hall–Kier alpha value is -1.66. The Morgan fingerprint density at radius 3 is 2.63 bits per heavy atom. The molecule has 1 aromatic heterocycles. The number of pyridine rings is 1. The van der Waals surface area contributed by atoms with Gasteiger partial charge in [0, 0.05) is 17.9 Å². The van der Waals surface area contributed by atoms with Crippen LogP contribution in [0.5, 0.6) is 5.88 Å². The molecule has 0 aliphatic heterocycles. The van der Waals surface area contributed by atoms with Crippen molar-refractivity contribution in [2.75, 3.05) is 12.9 Å². The number of methoxy groups -OCH3 is 1. The molecule has 19 heavy (non-hydrogen) atoms. The van der Waals surface area contributed by atoms with Gasteiger partial charge in [0.1, 0.15) is 0 Å². The van der Waals surface area contributed by atoms with E-state index in [1.54, 1.807) is 7.11 Å². The number of aromatic nitrogens is 1. The molecule has 1 heterocycles. The number of hydrogen-bond donors (Lipinski definition) is 1. The lowest BCUT2D eigenvalue weighted by Gasteiger charge is -2.05. The highest BCUT2D eigenvalue weighted by molar-refractivity contribution is 7.85. The molecule has 1 aromatic carbocycles. The first kappa shape index (κ1) is 13.8. The van der Waals surface area contributed by atoms with Crippen molar-refractivity contribution in [1.82, 2.24) is 0 Å². The van der Waals surface area contributed by atoms with E-state index in [4.69, 9.17) is 9.29 Å². The molecule has 0 radical (unpaired) electrons. The SMILES string of the molecule is COc1ccc2ccccc2[n+]1CCCS(=O)(=O)O. The third kappa shape index (κ3) is 3.42. The van der Waals surface area contributed by atoms with Crippen molar-refractivity contribution < 1.29 is 22.3 Å². The number of aryl methyl sites for hydroxylation is 1. The van der Waals surface area contributed by atoms with Crippen molar-refractivity contribution in [2.45, 2.75) is 13.0 Å². The normalized spacial score (nSPS) is 11.7. The highest BCUT2D eigenvalue weighted by atomic mass is 32.2. The van der Waals surface area contributed by atoms with Crippen LogP contribution in [0.1, 0.15) is 6.42 Å². The number of para-hydroxylation sites is 1. The average molecular weight is 282 g/mol. The molecule has 1 N–H and O–H groups in total. The minimum absolute atomic E-state index is 0.258. The fourth-order valence-electron chi connectivity index (χ4n) is 2.06. The topological polar surface area (TPSA) is 67.5 Å². The van der Waals surface area contributed by atoms with E-state index in [1.807, 2.05) is 41.0 Å². The van der Waals surface area contributed by atoms with Gasteiger partial charge in [0.05, 0.1) is 18.9 Å². The Bertz CT molecular complexity index is 682. The van der Waals surface area contributed by atoms with E-state index in [-0.39, 0.29) is 5.75 Å². The molecule has 2 rings (SSSR count). The summed E-state index contributed by atoms with van der Waals surface area (Å²) in [4.78, 5) is 0. The van der Waals surface area contributed by atoms with Crippen molar-refractivity contribution in [3.8, 4) is 5.88 Å². The van der Waals surface area contributed by atoms with Gasteiger partial charge in [0.15, 0.2) is 6.54 Å². The van der Waals surface area contributed by atoms with Crippen LogP contribution in [0.15, 0.2) is 36.4 Å². The second-order valence-corrected chi connectivity index (χ2v) is 5.80. The number of ether oxygens (including phenoxy) is 1. The molecule has 102 valence electrons. The summed E-state index contributed by atoms with van der Waals surface area (Å²) in [7, 11) is -2.35. The molecule has 6 heteroatoms. The van der Waals surface area contributed by atoms with Gasteiger partial charge in [-0.3, -0.25) is 4.55 Å². The molecule has 0 saturated carbocycles. The molecular formula is C13H16NO4S+. The molecule has 0 aliphatic rings. The van der Waals surface area contributed by atoms with E-state index in [0.29, 0.717) is 18.8 Å². The van der Waals surface area contributed by atoms with Gasteiger partial charge in [-0.1, -0.05) is 12.1 Å². The standard InChI is InChI=1S/C13H15NO4S/c1-18-13-8-7-11-5-2-3-6-12(11)14(13)9-4-10-19(15,16)17/h2-3,5-8H,4,9-10H2,1H3/p+1. The molecule has 0 saturated heterocycles. The summed E-state index contributed by atoms with van der Waals surface area (Å²) in [5, 5.41) is 1.05. The third-order valence-corrected chi connectivity index (χ3v) is 3.70. The molecule has 0 unspecified atom stereocenters. The highest BCUT2D eigenvalue weighted by Gasteiger charge is 2.16. The Morgan fingerprint density at radius 2 is 1.95 bits per heavy atom. The lowest BCUT2D eigenvalue weighted by Crippen LogP contribution is -2.37. The van der Waals surface area contributed by atoms with Gasteiger partial charge < -0.3 is 4.74 Å². The summed E-state index contributed by atoms with van der Waals surface area (Å²) in [5.74, 6) is 0.404. The van der Waals surface area contributed by atoms with Crippen LogP contribution in [0.4, 0.5) is 0 Å². The summed E-state index contributed by atoms with van der Waals surface area (Å²) in [6.45, 7) is 0.463. The van der Waals surface area contributed by atoms with Crippen LogP contribution >= 0.6 is 0 Å². The predicted molar refractivity (Wildman–Crippen MR) is 71.7 cm³/mol. The summed E-state index contributed by atoms with van der Waals surface area (Å²) >= 11 is 0. The zero-order valence-corrected chi connectivity index (χ0v) is 11.4. The van der Waals surface area contributed by atoms with Crippen LogP contribution in [0.3, 0.4) is 0 Å². The van der Waals surface area contributed by atoms with Gasteiger partial charge in [0.2, 0.25) is 5.52 Å². The molecule has 0 fully saturated rings. The molecular weight excluding hydrogens is 266 g/mol. The van der Waals surface area contributed by atoms with Crippen LogP contribution < -0.4 is 9.30 Å². The number of rotatable bonds is 5. The Balaban J connectivity index is 2.34. The first-order valence-electron chi connectivity index (χ1n) is 5.92. The van der Waals surface area contributed by atoms with Crippen LogP contribution in [-0.2, 0) is 16.7 Å². The zero-order chi connectivity index (χ0) is 13.9. The Labute approximate surface area is 112 Å². The van der Waals surface area contributed by atoms with E-state index >= 15 is 0 Å². The van der Waals surface area contributed by atoms with Crippen LogP contribution in [-0.4, -0.2) is 25.8 Å². The van der Waals surface area contributed by atoms with E-state index in [2.05, 4.69) is 0 Å². The summed E-state index contributed by atoms with van der Waals surface area (Å²) in [6, 6.07) is 11.6. The van der Waals surface area contributed by atoms with E-state index in [9.17, 15) is 8.42 Å². The first-order valence-corrected chi connectivity index (χ1v) is 7.53. The van der Waals surface area contributed by atoms with Crippen molar-refractivity contribution in [3.63, 3.8) is 0 Å². The van der Waals surface area contributed by atoms with Gasteiger partial charge in [-0.05, 0) is 12.1 Å². The number of hydrogen-bond acceptors (Lipinski definition) is 3. The maximum absolute atomic E-state index is 10.8. The molecule has 0 spiro atoms. The van der Waals surface area contributed by atoms with E-state index < -0.39 is 10.1 Å². The maximum Gasteiger partial charge on any atom is 0.368 e. The van der Waals surface area contributed by atoms with Crippen molar-refractivity contribution in [2.24, 2.45) is 0 Å². The number of fused-ring (bicyclic) bond motifs is 1. The van der Waals surface area contributed by atoms with Gasteiger partial charge in [0.25, 0.3) is 10.1 Å². The monoisotopic (exact) mass is 282 g/mol. The van der Waals surface area contributed by atoms with Gasteiger partial charge in [-0.25, -0.2) is 0 Å². The quantitative estimate of drug-likeness (QED) is 0.665. The highest BCUT2D eigenvalue weighted by Crippen LogP contribution is 2.14. The fourth-order valence-corrected chi connectivity index (χ4v) is 2.55.